The molecule has 2 saturated heterocycles. The van der Waals surface area contributed by atoms with Gasteiger partial charge in [-0.25, -0.2) is 9.59 Å². The molecule has 0 spiro atoms. The quantitative estimate of drug-likeness (QED) is 0.392. The second kappa shape index (κ2) is 12.9. The summed E-state index contributed by atoms with van der Waals surface area (Å²) in [5, 5.41) is -1.26. The van der Waals surface area contributed by atoms with E-state index in [-0.39, 0.29) is 30.7 Å². The molecule has 3 heterocycles. The van der Waals surface area contributed by atoms with E-state index in [4.69, 9.17) is 4.55 Å². The van der Waals surface area contributed by atoms with Crippen molar-refractivity contribution in [1.29, 1.82) is 0 Å². The second-order valence-electron chi connectivity index (χ2n) is 7.99. The highest BCUT2D eigenvalue weighted by Crippen LogP contribution is 2.22. The summed E-state index contributed by atoms with van der Waals surface area (Å²) in [6, 6.07) is 8.48. The zero-order chi connectivity index (χ0) is 28.6. The summed E-state index contributed by atoms with van der Waals surface area (Å²) in [6.45, 7) is 5.13. The van der Waals surface area contributed by atoms with Crippen molar-refractivity contribution in [3.05, 3.63) is 42.2 Å². The Balaban J connectivity index is 0.000000206. The number of hydrogen-bond donors (Lipinski definition) is 1. The lowest BCUT2D eigenvalue weighted by Gasteiger charge is -2.12. The van der Waals surface area contributed by atoms with E-state index in [0.717, 1.165) is 0 Å². The molecule has 3 aliphatic heterocycles. The lowest BCUT2D eigenvalue weighted by molar-refractivity contribution is -0.197. The molecule has 1 atom stereocenters. The molecule has 3 aliphatic rings. The molecule has 206 valence electrons. The molecule has 1 unspecified atom stereocenters. The molecule has 0 radical (unpaired) electrons. The smallest absolute Gasteiger partial charge is 0.330 e. The molecule has 0 saturated carbocycles. The molecule has 15 heteroatoms. The molecule has 38 heavy (non-hydrogen) atoms. The van der Waals surface area contributed by atoms with E-state index in [9.17, 15) is 37.2 Å². The number of imide groups is 2. The van der Waals surface area contributed by atoms with Gasteiger partial charge in [0.15, 0.2) is 5.25 Å². The molecular formula is C23H27N3O11S. The lowest BCUT2D eigenvalue weighted by Crippen LogP contribution is -2.36. The minimum atomic E-state index is -4.66. The van der Waals surface area contributed by atoms with Gasteiger partial charge in [0.25, 0.3) is 33.7 Å². The van der Waals surface area contributed by atoms with Crippen LogP contribution < -0.4 is 4.90 Å². The molecule has 2 fully saturated rings. The van der Waals surface area contributed by atoms with E-state index in [2.05, 4.69) is 45.8 Å². The summed E-state index contributed by atoms with van der Waals surface area (Å²) >= 11 is 0. The Morgan fingerprint density at radius 1 is 0.868 bits per heavy atom. The van der Waals surface area contributed by atoms with Crippen molar-refractivity contribution < 1.29 is 51.4 Å². The molecule has 0 aromatic heterocycles. The maximum Gasteiger partial charge on any atom is 0.332 e. The molecule has 0 bridgehead atoms. The van der Waals surface area contributed by atoms with Crippen LogP contribution in [0.2, 0.25) is 0 Å². The number of benzene rings is 1. The van der Waals surface area contributed by atoms with Gasteiger partial charge < -0.3 is 14.6 Å². The van der Waals surface area contributed by atoms with Crippen molar-refractivity contribution in [3.63, 3.8) is 0 Å². The van der Waals surface area contributed by atoms with Crippen LogP contribution in [0.5, 0.6) is 0 Å². The molecule has 14 nitrogen and oxygen atoms in total. The zero-order valence-electron chi connectivity index (χ0n) is 20.9. The number of hydrogen-bond acceptors (Lipinski definition) is 11. The predicted molar refractivity (Wildman–Crippen MR) is 128 cm³/mol. The molecule has 1 N–H and O–H groups in total. The first kappa shape index (κ1) is 30.1. The van der Waals surface area contributed by atoms with E-state index < -0.39 is 57.4 Å². The van der Waals surface area contributed by atoms with Crippen LogP contribution in [0.3, 0.4) is 0 Å². The van der Waals surface area contributed by atoms with Gasteiger partial charge in [-0.1, -0.05) is 31.5 Å². The summed E-state index contributed by atoms with van der Waals surface area (Å²) in [6.07, 6.45) is 3.71. The highest BCUT2D eigenvalue weighted by molar-refractivity contribution is 7.87. The van der Waals surface area contributed by atoms with Crippen LogP contribution in [0.25, 0.3) is 0 Å². The van der Waals surface area contributed by atoms with Crippen molar-refractivity contribution in [3.8, 4) is 0 Å². The van der Waals surface area contributed by atoms with Gasteiger partial charge in [0.2, 0.25) is 0 Å². The highest BCUT2D eigenvalue weighted by Gasteiger charge is 2.48. The zero-order valence-corrected chi connectivity index (χ0v) is 21.7. The van der Waals surface area contributed by atoms with Crippen molar-refractivity contribution in [2.24, 2.45) is 0 Å². The standard InChI is InChI=1S/C9H9N.C7H9NO7S.C7H9NO4/c1-8-2-4-9(5-3-8)10-6-7-10;1-2-6(10)15-8-5(9)3-4(7(8)11)16(12,13)14;1-2-7(11)12-8-5(9)3-4-6(8)10/h2-7H,1H3;4H,2-3H2,1H3,(H,12,13,14);2-4H2,1H3. The Bertz CT molecular complexity index is 1220. The normalized spacial score (nSPS) is 18.0. The molecule has 4 rings (SSSR count). The number of anilines is 1. The van der Waals surface area contributed by atoms with Gasteiger partial charge in [-0.3, -0.25) is 23.7 Å². The topological polar surface area (TPSA) is 185 Å². The largest absolute Gasteiger partial charge is 0.332 e. The fourth-order valence-corrected chi connectivity index (χ4v) is 3.53. The van der Waals surface area contributed by atoms with Crippen LogP contribution >= 0.6 is 0 Å². The van der Waals surface area contributed by atoms with Crippen LogP contribution in [0.1, 0.15) is 51.5 Å². The fourth-order valence-electron chi connectivity index (χ4n) is 2.82. The summed E-state index contributed by atoms with van der Waals surface area (Å²) < 4.78 is 30.1. The molecule has 4 amide bonds. The number of aryl methyl sites for hydroxylation is 1. The summed E-state index contributed by atoms with van der Waals surface area (Å²) in [5.74, 6) is -4.54. The van der Waals surface area contributed by atoms with E-state index in [1.165, 1.54) is 18.2 Å². The van der Waals surface area contributed by atoms with E-state index in [1.807, 2.05) is 12.4 Å². The first-order valence-electron chi connectivity index (χ1n) is 11.4. The number of nitrogens with zero attached hydrogens (tertiary/aromatic N) is 3. The van der Waals surface area contributed by atoms with Gasteiger partial charge >= 0.3 is 11.9 Å². The summed E-state index contributed by atoms with van der Waals surface area (Å²) in [7, 11) is -4.66. The minimum Gasteiger partial charge on any atom is -0.330 e. The molecule has 1 aromatic rings. The SMILES string of the molecule is CCC(=O)ON1C(=O)CC(S(=O)(=O)O)C1=O.CCC(=O)ON1C(=O)CCC1=O.Cc1ccc(N2C=C2)cc1. The maximum absolute atomic E-state index is 11.3. The van der Waals surface area contributed by atoms with E-state index >= 15 is 0 Å². The third kappa shape index (κ3) is 8.48. The summed E-state index contributed by atoms with van der Waals surface area (Å²) in [4.78, 5) is 76.6. The Morgan fingerprint density at radius 2 is 1.34 bits per heavy atom. The average Bonchev–Trinajstić information content (AvgIpc) is 3.62. The number of hydroxylamine groups is 4. The monoisotopic (exact) mass is 553 g/mol. The Morgan fingerprint density at radius 3 is 1.74 bits per heavy atom. The summed E-state index contributed by atoms with van der Waals surface area (Å²) in [5.41, 5.74) is 2.57. The lowest BCUT2D eigenvalue weighted by atomic mass is 10.2. The van der Waals surface area contributed by atoms with Gasteiger partial charge in [-0.05, 0) is 19.1 Å². The first-order chi connectivity index (χ1) is 17.8. The van der Waals surface area contributed by atoms with Gasteiger partial charge in [0.05, 0.1) is 6.42 Å². The van der Waals surface area contributed by atoms with Crippen molar-refractivity contribution >= 4 is 51.4 Å². The molecule has 0 aliphatic carbocycles. The van der Waals surface area contributed by atoms with Crippen LogP contribution in [0, 0.1) is 6.92 Å². The number of amides is 4. The maximum atomic E-state index is 11.3. The second-order valence-corrected chi connectivity index (χ2v) is 9.59. The minimum absolute atomic E-state index is 0.0737. The van der Waals surface area contributed by atoms with Crippen LogP contribution in [0.15, 0.2) is 36.7 Å². The predicted octanol–water partition coefficient (Wildman–Crippen LogP) is 1.16. The van der Waals surface area contributed by atoms with Gasteiger partial charge in [0, 0.05) is 43.8 Å². The number of carbonyl (C=O) groups excluding carboxylic acids is 6. The molecular weight excluding hydrogens is 526 g/mol. The van der Waals surface area contributed by atoms with Crippen molar-refractivity contribution in [1.82, 2.24) is 10.1 Å². The van der Waals surface area contributed by atoms with Crippen LogP contribution in [-0.4, -0.2) is 63.9 Å². The van der Waals surface area contributed by atoms with Gasteiger partial charge in [-0.15, -0.1) is 10.1 Å². The van der Waals surface area contributed by atoms with Crippen LogP contribution in [0.4, 0.5) is 5.69 Å². The highest BCUT2D eigenvalue weighted by atomic mass is 32.2. The fraction of sp³-hybridized carbons (Fsp3) is 0.391. The Kier molecular flexibility index (Phi) is 10.2. The van der Waals surface area contributed by atoms with E-state index in [0.29, 0.717) is 5.06 Å². The number of rotatable bonds is 6. The van der Waals surface area contributed by atoms with Crippen molar-refractivity contribution in [2.45, 2.75) is 58.1 Å². The third-order valence-corrected chi connectivity index (χ3v) is 6.11. The number of carbonyl (C=O) groups is 6. The Labute approximate surface area is 218 Å². The van der Waals surface area contributed by atoms with Crippen molar-refractivity contribution in [2.75, 3.05) is 4.90 Å². The third-order valence-electron chi connectivity index (χ3n) is 5.02. The Hall–Kier alpha value is -4.11. The molecule has 1 aromatic carbocycles. The van der Waals surface area contributed by atoms with Gasteiger partial charge in [0.1, 0.15) is 0 Å². The average molecular weight is 554 g/mol. The van der Waals surface area contributed by atoms with Crippen LogP contribution in [-0.2, 0) is 48.6 Å². The van der Waals surface area contributed by atoms with E-state index in [1.54, 1.807) is 6.92 Å². The van der Waals surface area contributed by atoms with Gasteiger partial charge in [-0.2, -0.15) is 8.42 Å². The first-order valence-corrected chi connectivity index (χ1v) is 12.9.